The summed E-state index contributed by atoms with van der Waals surface area (Å²) < 4.78 is 2.20. The maximum absolute atomic E-state index is 13.3. The lowest BCUT2D eigenvalue weighted by Gasteiger charge is -2.24. The van der Waals surface area contributed by atoms with Crippen molar-refractivity contribution in [2.45, 2.75) is 51.1 Å². The molecule has 0 saturated carbocycles. The first-order chi connectivity index (χ1) is 13.7. The lowest BCUT2D eigenvalue weighted by atomic mass is 10.1. The van der Waals surface area contributed by atoms with Crippen LogP contribution in [0.3, 0.4) is 0 Å². The number of para-hydroxylation sites is 1. The number of fused-ring (bicyclic) bond motifs is 2. The molecule has 1 atom stereocenters. The molecule has 0 radical (unpaired) electrons. The van der Waals surface area contributed by atoms with Crippen LogP contribution in [0.5, 0.6) is 0 Å². The molecule has 1 N–H and O–H groups in total. The summed E-state index contributed by atoms with van der Waals surface area (Å²) in [6, 6.07) is 7.17. The maximum Gasteiger partial charge on any atom is 0.259 e. The number of hydrogen-bond donors (Lipinski definition) is 1. The van der Waals surface area contributed by atoms with E-state index < -0.39 is 0 Å². The smallest absolute Gasteiger partial charge is 0.259 e. The molecule has 4 heterocycles. The standard InChI is InChI=1S/C21H23N5O2/c27-19-14-7-3-4-8-16(14)22-13-15(19)21(28)25-12-6-9-17(25)20-24-23-18-10-2-1-5-11-26(18)20/h3-4,7-8,13,17H,1-2,5-6,9-12H2,(H,22,27)/t17-/m1/s1. The van der Waals surface area contributed by atoms with Crippen molar-refractivity contribution in [3.63, 3.8) is 0 Å². The van der Waals surface area contributed by atoms with E-state index in [1.807, 2.05) is 23.1 Å². The van der Waals surface area contributed by atoms with Crippen LogP contribution < -0.4 is 5.43 Å². The van der Waals surface area contributed by atoms with Gasteiger partial charge in [0.25, 0.3) is 5.91 Å². The summed E-state index contributed by atoms with van der Waals surface area (Å²) >= 11 is 0. The summed E-state index contributed by atoms with van der Waals surface area (Å²) in [4.78, 5) is 31.1. The van der Waals surface area contributed by atoms with Crippen molar-refractivity contribution in [3.05, 3.63) is 57.9 Å². The molecule has 1 saturated heterocycles. The van der Waals surface area contributed by atoms with Crippen molar-refractivity contribution < 1.29 is 4.79 Å². The van der Waals surface area contributed by atoms with Gasteiger partial charge in [-0.25, -0.2) is 0 Å². The zero-order chi connectivity index (χ0) is 19.1. The van der Waals surface area contributed by atoms with Crippen molar-refractivity contribution >= 4 is 16.8 Å². The second-order valence-electron chi connectivity index (χ2n) is 7.67. The minimum atomic E-state index is -0.222. The Morgan fingerprint density at radius 3 is 2.89 bits per heavy atom. The molecule has 0 unspecified atom stereocenters. The van der Waals surface area contributed by atoms with Gasteiger partial charge in [-0.2, -0.15) is 0 Å². The molecule has 0 bridgehead atoms. The fourth-order valence-corrected chi connectivity index (χ4v) is 4.51. The number of carbonyl (C=O) groups excluding carboxylic acids is 1. The van der Waals surface area contributed by atoms with Crippen LogP contribution in [0, 0.1) is 0 Å². The number of aromatic nitrogens is 4. The molecule has 5 rings (SSSR count). The minimum Gasteiger partial charge on any atom is -0.360 e. The summed E-state index contributed by atoms with van der Waals surface area (Å²) in [5.74, 6) is 1.68. The summed E-state index contributed by atoms with van der Waals surface area (Å²) in [6.07, 6.45) is 7.70. The number of hydrogen-bond acceptors (Lipinski definition) is 4. The molecule has 144 valence electrons. The molecule has 1 amide bonds. The zero-order valence-electron chi connectivity index (χ0n) is 15.7. The normalized spacial score (nSPS) is 19.6. The Morgan fingerprint density at radius 2 is 1.96 bits per heavy atom. The van der Waals surface area contributed by atoms with Gasteiger partial charge in [0.15, 0.2) is 5.82 Å². The molecule has 7 heteroatoms. The average Bonchev–Trinajstić information content (AvgIpc) is 3.29. The van der Waals surface area contributed by atoms with Gasteiger partial charge in [-0.1, -0.05) is 18.6 Å². The molecule has 28 heavy (non-hydrogen) atoms. The predicted octanol–water partition coefficient (Wildman–Crippen LogP) is 2.82. The Hall–Kier alpha value is -2.96. The first-order valence-corrected chi connectivity index (χ1v) is 10.1. The largest absolute Gasteiger partial charge is 0.360 e. The summed E-state index contributed by atoms with van der Waals surface area (Å²) in [6.45, 7) is 1.55. The Morgan fingerprint density at radius 1 is 1.07 bits per heavy atom. The van der Waals surface area contributed by atoms with Crippen molar-refractivity contribution in [1.29, 1.82) is 0 Å². The molecule has 1 fully saturated rings. The molecular weight excluding hydrogens is 354 g/mol. The second kappa shape index (κ2) is 6.89. The van der Waals surface area contributed by atoms with E-state index in [1.165, 1.54) is 6.42 Å². The summed E-state index contributed by atoms with van der Waals surface area (Å²) in [5.41, 5.74) is 0.719. The Labute approximate surface area is 162 Å². The van der Waals surface area contributed by atoms with Crippen LogP contribution in [0.4, 0.5) is 0 Å². The third-order valence-electron chi connectivity index (χ3n) is 5.97. The van der Waals surface area contributed by atoms with Gasteiger partial charge in [0.2, 0.25) is 5.43 Å². The summed E-state index contributed by atoms with van der Waals surface area (Å²) in [5, 5.41) is 9.39. The highest BCUT2D eigenvalue weighted by Crippen LogP contribution is 2.33. The van der Waals surface area contributed by atoms with Gasteiger partial charge in [0.05, 0.1) is 6.04 Å². The number of nitrogens with one attached hydrogen (secondary N) is 1. The molecule has 2 aliphatic rings. The highest BCUT2D eigenvalue weighted by Gasteiger charge is 2.35. The van der Waals surface area contributed by atoms with Crippen LogP contribution in [-0.2, 0) is 13.0 Å². The quantitative estimate of drug-likeness (QED) is 0.744. The SMILES string of the molecule is O=C(c1c[nH]c2ccccc2c1=O)N1CCC[C@@H]1c1nnc2n1CCCCC2. The van der Waals surface area contributed by atoms with Crippen LogP contribution in [0.15, 0.2) is 35.3 Å². The van der Waals surface area contributed by atoms with Crippen molar-refractivity contribution in [2.24, 2.45) is 0 Å². The molecular formula is C21H23N5O2. The van der Waals surface area contributed by atoms with E-state index in [9.17, 15) is 9.59 Å². The number of pyridine rings is 1. The van der Waals surface area contributed by atoms with E-state index in [2.05, 4.69) is 19.7 Å². The van der Waals surface area contributed by atoms with E-state index in [1.54, 1.807) is 12.3 Å². The number of benzene rings is 1. The van der Waals surface area contributed by atoms with Gasteiger partial charge in [0, 0.05) is 36.6 Å². The number of aryl methyl sites for hydroxylation is 1. The molecule has 7 nitrogen and oxygen atoms in total. The number of likely N-dealkylation sites (tertiary alicyclic amines) is 1. The molecule has 0 spiro atoms. The van der Waals surface area contributed by atoms with Gasteiger partial charge in [-0.3, -0.25) is 9.59 Å². The Balaban J connectivity index is 1.51. The van der Waals surface area contributed by atoms with Gasteiger partial charge >= 0.3 is 0 Å². The number of carbonyl (C=O) groups is 1. The number of amides is 1. The number of H-pyrrole nitrogens is 1. The number of aromatic amines is 1. The highest BCUT2D eigenvalue weighted by atomic mass is 16.2. The molecule has 3 aromatic rings. The minimum absolute atomic E-state index is 0.113. The Bertz CT molecular complexity index is 1100. The van der Waals surface area contributed by atoms with Gasteiger partial charge in [-0.05, 0) is 37.8 Å². The van der Waals surface area contributed by atoms with E-state index in [0.717, 1.165) is 55.8 Å². The zero-order valence-corrected chi connectivity index (χ0v) is 15.7. The van der Waals surface area contributed by atoms with Gasteiger partial charge in [-0.15, -0.1) is 10.2 Å². The molecule has 2 aliphatic heterocycles. The molecule has 0 aliphatic carbocycles. The number of rotatable bonds is 2. The first-order valence-electron chi connectivity index (χ1n) is 10.1. The van der Waals surface area contributed by atoms with E-state index in [0.29, 0.717) is 11.9 Å². The molecule has 1 aromatic carbocycles. The first kappa shape index (κ1) is 17.2. The third-order valence-corrected chi connectivity index (χ3v) is 5.97. The Kier molecular flexibility index (Phi) is 4.22. The van der Waals surface area contributed by atoms with Crippen LogP contribution in [-0.4, -0.2) is 37.1 Å². The van der Waals surface area contributed by atoms with Crippen molar-refractivity contribution in [2.75, 3.05) is 6.54 Å². The van der Waals surface area contributed by atoms with Crippen LogP contribution in [0.25, 0.3) is 10.9 Å². The van der Waals surface area contributed by atoms with Gasteiger partial charge in [0.1, 0.15) is 11.4 Å². The monoisotopic (exact) mass is 377 g/mol. The second-order valence-corrected chi connectivity index (χ2v) is 7.67. The topological polar surface area (TPSA) is 83.9 Å². The van der Waals surface area contributed by atoms with E-state index in [-0.39, 0.29) is 22.9 Å². The van der Waals surface area contributed by atoms with Crippen LogP contribution >= 0.6 is 0 Å². The lowest BCUT2D eigenvalue weighted by molar-refractivity contribution is 0.0725. The van der Waals surface area contributed by atoms with Crippen LogP contribution in [0.2, 0.25) is 0 Å². The average molecular weight is 377 g/mol. The van der Waals surface area contributed by atoms with E-state index >= 15 is 0 Å². The highest BCUT2D eigenvalue weighted by molar-refractivity contribution is 5.97. The van der Waals surface area contributed by atoms with Crippen molar-refractivity contribution in [3.8, 4) is 0 Å². The number of nitrogens with zero attached hydrogens (tertiary/aromatic N) is 4. The molecule has 2 aromatic heterocycles. The van der Waals surface area contributed by atoms with E-state index in [4.69, 9.17) is 0 Å². The fraction of sp³-hybridized carbons (Fsp3) is 0.429. The maximum atomic E-state index is 13.3. The lowest BCUT2D eigenvalue weighted by Crippen LogP contribution is -2.35. The van der Waals surface area contributed by atoms with Gasteiger partial charge < -0.3 is 14.5 Å². The van der Waals surface area contributed by atoms with Crippen LogP contribution in [0.1, 0.15) is 60.2 Å². The predicted molar refractivity (Wildman–Crippen MR) is 105 cm³/mol. The summed E-state index contributed by atoms with van der Waals surface area (Å²) in [7, 11) is 0. The third kappa shape index (κ3) is 2.73. The fourth-order valence-electron chi connectivity index (χ4n) is 4.51. The van der Waals surface area contributed by atoms with Crippen molar-refractivity contribution in [1.82, 2.24) is 24.6 Å².